The second-order valence-corrected chi connectivity index (χ2v) is 2.29. The Bertz CT molecular complexity index is 122. The van der Waals surface area contributed by atoms with Crippen LogP contribution in [-0.4, -0.2) is 53.3 Å². The Hall–Kier alpha value is -0.215. The third kappa shape index (κ3) is 7.68. The largest absolute Gasteiger partial charge is 0.368 e. The van der Waals surface area contributed by atoms with Crippen molar-refractivity contribution in [1.82, 2.24) is 10.0 Å². The number of ketones is 1. The zero-order valence-corrected chi connectivity index (χ0v) is 6.71. The van der Waals surface area contributed by atoms with E-state index in [2.05, 4.69) is 5.23 Å². The molecule has 0 atom stereocenters. The standard InChI is InChI=1S/C5H10B3N2O/c1-5(11)4-10(7)3-2-9-8-6/h9H,2-4H2,1H3. The molecule has 0 amide bonds. The Morgan fingerprint density at radius 1 is 1.73 bits per heavy atom. The molecule has 0 aliphatic heterocycles. The van der Waals surface area contributed by atoms with E-state index >= 15 is 0 Å². The van der Waals surface area contributed by atoms with Gasteiger partial charge in [0.1, 0.15) is 13.1 Å². The molecule has 0 spiro atoms. The van der Waals surface area contributed by atoms with E-state index < -0.39 is 0 Å². The van der Waals surface area contributed by atoms with Crippen molar-refractivity contribution >= 4 is 28.8 Å². The smallest absolute Gasteiger partial charge is 0.183 e. The average molecular weight is 147 g/mol. The molecular formula is C5H10B3N2O. The Labute approximate surface area is 71.0 Å². The van der Waals surface area contributed by atoms with Gasteiger partial charge in [-0.25, -0.2) is 0 Å². The van der Waals surface area contributed by atoms with Gasteiger partial charge in [-0.05, 0) is 20.0 Å². The molecule has 0 rings (SSSR count). The minimum Gasteiger partial charge on any atom is -0.368 e. The first-order chi connectivity index (χ1) is 5.16. The molecule has 0 unspecified atom stereocenters. The Morgan fingerprint density at radius 3 is 2.82 bits per heavy atom. The molecule has 0 aromatic carbocycles. The van der Waals surface area contributed by atoms with Crippen LogP contribution in [0.3, 0.4) is 0 Å². The van der Waals surface area contributed by atoms with Gasteiger partial charge >= 0.3 is 0 Å². The maximum absolute atomic E-state index is 10.5. The molecule has 0 saturated carbocycles. The first-order valence-electron chi connectivity index (χ1n) is 3.42. The highest BCUT2D eigenvalue weighted by molar-refractivity contribution is 6.87. The van der Waals surface area contributed by atoms with Gasteiger partial charge in [0.2, 0.25) is 0 Å². The topological polar surface area (TPSA) is 32.3 Å². The van der Waals surface area contributed by atoms with E-state index in [1.165, 1.54) is 19.0 Å². The molecule has 11 heavy (non-hydrogen) atoms. The van der Waals surface area contributed by atoms with Crippen molar-refractivity contribution in [2.75, 3.05) is 19.6 Å². The van der Waals surface area contributed by atoms with Crippen LogP contribution in [0, 0.1) is 0 Å². The normalized spacial score (nSPS) is 10.0. The maximum Gasteiger partial charge on any atom is 0.183 e. The third-order valence-corrected chi connectivity index (χ3v) is 1.09. The summed E-state index contributed by atoms with van der Waals surface area (Å²) in [6, 6.07) is 0. The molecule has 5 radical (unpaired) electrons. The van der Waals surface area contributed by atoms with Gasteiger partial charge in [0.25, 0.3) is 0 Å². The van der Waals surface area contributed by atoms with Crippen molar-refractivity contribution in [3.63, 3.8) is 0 Å². The lowest BCUT2D eigenvalue weighted by atomic mass is 9.67. The SMILES string of the molecule is [B][B]NCCN([B])CC(C)=O. The van der Waals surface area contributed by atoms with Crippen LogP contribution in [0.25, 0.3) is 0 Å². The zero-order valence-electron chi connectivity index (χ0n) is 6.71. The van der Waals surface area contributed by atoms with Gasteiger partial charge in [0.15, 0.2) is 7.98 Å². The van der Waals surface area contributed by atoms with E-state index in [1.54, 1.807) is 0 Å². The van der Waals surface area contributed by atoms with Crippen molar-refractivity contribution in [2.24, 2.45) is 0 Å². The molecule has 0 fully saturated rings. The summed E-state index contributed by atoms with van der Waals surface area (Å²) in [7, 11) is 11.8. The Kier molecular flexibility index (Phi) is 6.37. The molecule has 0 aromatic rings. The molecule has 0 aromatic heterocycles. The fourth-order valence-electron chi connectivity index (χ4n) is 0.657. The van der Waals surface area contributed by atoms with Crippen LogP contribution in [0.2, 0.25) is 0 Å². The summed E-state index contributed by atoms with van der Waals surface area (Å²) < 4.78 is 0. The van der Waals surface area contributed by atoms with Crippen LogP contribution < -0.4 is 5.23 Å². The van der Waals surface area contributed by atoms with Crippen molar-refractivity contribution in [1.29, 1.82) is 0 Å². The Balaban J connectivity index is 3.22. The predicted octanol–water partition coefficient (Wildman–Crippen LogP) is -1.75. The molecule has 55 valence electrons. The fourth-order valence-corrected chi connectivity index (χ4v) is 0.657. The molecule has 3 nitrogen and oxygen atoms in total. The van der Waals surface area contributed by atoms with E-state index in [4.69, 9.17) is 15.7 Å². The molecule has 0 aliphatic rings. The van der Waals surface area contributed by atoms with E-state index in [0.29, 0.717) is 13.1 Å². The number of nitrogens with one attached hydrogen (secondary N) is 1. The van der Waals surface area contributed by atoms with Gasteiger partial charge in [0, 0.05) is 14.3 Å². The number of carbonyl (C=O) groups is 1. The van der Waals surface area contributed by atoms with Crippen molar-refractivity contribution in [3.05, 3.63) is 0 Å². The van der Waals surface area contributed by atoms with Crippen LogP contribution in [0.1, 0.15) is 6.92 Å². The summed E-state index contributed by atoms with van der Waals surface area (Å²) in [5.74, 6) is 0.0595. The predicted molar refractivity (Wildman–Crippen MR) is 47.5 cm³/mol. The van der Waals surface area contributed by atoms with Crippen LogP contribution in [0.5, 0.6) is 0 Å². The third-order valence-electron chi connectivity index (χ3n) is 1.09. The molecular weight excluding hydrogens is 137 g/mol. The van der Waals surface area contributed by atoms with Gasteiger partial charge in [-0.1, -0.05) is 0 Å². The lowest BCUT2D eigenvalue weighted by Gasteiger charge is -2.14. The highest BCUT2D eigenvalue weighted by Crippen LogP contribution is 1.79. The van der Waals surface area contributed by atoms with E-state index in [-0.39, 0.29) is 12.3 Å². The number of nitrogens with zero attached hydrogens (tertiary/aromatic N) is 1. The monoisotopic (exact) mass is 147 g/mol. The minimum atomic E-state index is 0.0595. The van der Waals surface area contributed by atoms with Gasteiger partial charge in [-0.2, -0.15) is 0 Å². The summed E-state index contributed by atoms with van der Waals surface area (Å²) in [6.45, 7) is 3.04. The van der Waals surface area contributed by atoms with Crippen LogP contribution in [0.4, 0.5) is 0 Å². The number of carbonyl (C=O) groups excluding carboxylic acids is 1. The lowest BCUT2D eigenvalue weighted by molar-refractivity contribution is -0.117. The quantitative estimate of drug-likeness (QED) is 0.357. The van der Waals surface area contributed by atoms with Gasteiger partial charge in [-0.15, -0.1) is 0 Å². The fraction of sp³-hybridized carbons (Fsp3) is 0.800. The minimum absolute atomic E-state index is 0.0595. The molecule has 6 heteroatoms. The zero-order chi connectivity index (χ0) is 8.69. The van der Waals surface area contributed by atoms with Gasteiger partial charge in [-0.3, -0.25) is 4.79 Å². The average Bonchev–Trinajstić information content (AvgIpc) is 1.86. The highest BCUT2D eigenvalue weighted by atomic mass is 16.1. The first kappa shape index (κ1) is 10.8. The van der Waals surface area contributed by atoms with Crippen LogP contribution in [0.15, 0.2) is 0 Å². The van der Waals surface area contributed by atoms with E-state index in [9.17, 15) is 4.79 Å². The second-order valence-electron chi connectivity index (χ2n) is 2.29. The molecule has 0 aliphatic carbocycles. The summed E-state index contributed by atoms with van der Waals surface area (Å²) >= 11 is 0. The Morgan fingerprint density at radius 2 is 2.36 bits per heavy atom. The van der Waals surface area contributed by atoms with Crippen molar-refractivity contribution in [3.8, 4) is 0 Å². The van der Waals surface area contributed by atoms with E-state index in [1.807, 2.05) is 0 Å². The second kappa shape index (κ2) is 6.49. The molecule has 0 saturated heterocycles. The van der Waals surface area contributed by atoms with E-state index in [0.717, 1.165) is 0 Å². The first-order valence-corrected chi connectivity index (χ1v) is 3.42. The summed E-state index contributed by atoms with van der Waals surface area (Å²) in [4.78, 5) is 12.0. The van der Waals surface area contributed by atoms with Crippen LogP contribution >= 0.6 is 0 Å². The molecule has 0 bridgehead atoms. The molecule has 1 N–H and O–H groups in total. The lowest BCUT2D eigenvalue weighted by Crippen LogP contribution is -2.34. The number of hydrogen-bond donors (Lipinski definition) is 1. The van der Waals surface area contributed by atoms with Crippen molar-refractivity contribution < 1.29 is 4.79 Å². The number of rotatable bonds is 6. The van der Waals surface area contributed by atoms with Crippen molar-refractivity contribution in [2.45, 2.75) is 6.92 Å². The maximum atomic E-state index is 10.5. The number of Topliss-reactive ketones (excluding diaryl/α,β-unsaturated/α-hetero) is 1. The highest BCUT2D eigenvalue weighted by Gasteiger charge is 1.99. The number of hydrogen-bond acceptors (Lipinski definition) is 3. The van der Waals surface area contributed by atoms with Gasteiger partial charge < -0.3 is 10.0 Å². The summed E-state index contributed by atoms with van der Waals surface area (Å²) in [5.41, 5.74) is 0. The summed E-state index contributed by atoms with van der Waals surface area (Å²) in [5, 5.41) is 2.77. The van der Waals surface area contributed by atoms with Crippen LogP contribution in [-0.2, 0) is 4.79 Å². The molecule has 0 heterocycles. The van der Waals surface area contributed by atoms with Gasteiger partial charge in [0.05, 0.1) is 0 Å². The summed E-state index contributed by atoms with van der Waals surface area (Å²) in [6.07, 6.45) is 0.